The van der Waals surface area contributed by atoms with Gasteiger partial charge < -0.3 is 9.47 Å². The lowest BCUT2D eigenvalue weighted by molar-refractivity contribution is -0.163. The first kappa shape index (κ1) is 14.8. The summed E-state index contributed by atoms with van der Waals surface area (Å²) in [5.41, 5.74) is 0.146. The quantitative estimate of drug-likeness (QED) is 0.634. The van der Waals surface area contributed by atoms with Gasteiger partial charge in [0, 0.05) is 0 Å². The molecule has 1 aromatic rings. The van der Waals surface area contributed by atoms with Crippen molar-refractivity contribution < 1.29 is 31.8 Å². The van der Waals surface area contributed by atoms with Crippen molar-refractivity contribution in [3.05, 3.63) is 34.9 Å². The summed E-state index contributed by atoms with van der Waals surface area (Å²) in [5, 5.41) is 0. The Morgan fingerprint density at radius 1 is 1.45 bits per heavy atom. The molecule has 0 amide bonds. The van der Waals surface area contributed by atoms with Crippen LogP contribution in [0.4, 0.5) is 17.6 Å². The molecule has 0 saturated carbocycles. The lowest BCUT2D eigenvalue weighted by atomic mass is 10.1. The predicted octanol–water partition coefficient (Wildman–Crippen LogP) is 2.39. The van der Waals surface area contributed by atoms with Crippen LogP contribution in [0.5, 0.6) is 0 Å². The van der Waals surface area contributed by atoms with Crippen molar-refractivity contribution in [1.82, 2.24) is 0 Å². The van der Waals surface area contributed by atoms with Crippen LogP contribution in [0.2, 0.25) is 0 Å². The highest BCUT2D eigenvalue weighted by Crippen LogP contribution is 2.28. The molecule has 1 aromatic carbocycles. The number of hydrogen-bond acceptors (Lipinski definition) is 3. The summed E-state index contributed by atoms with van der Waals surface area (Å²) < 4.78 is 61.8. The van der Waals surface area contributed by atoms with Crippen molar-refractivity contribution >= 4 is 5.97 Å². The Morgan fingerprint density at radius 2 is 2.15 bits per heavy atom. The molecule has 1 unspecified atom stereocenters. The lowest BCUT2D eigenvalue weighted by Crippen LogP contribution is -2.36. The highest BCUT2D eigenvalue weighted by molar-refractivity contribution is 5.73. The van der Waals surface area contributed by atoms with Crippen LogP contribution in [-0.2, 0) is 20.7 Å². The van der Waals surface area contributed by atoms with Gasteiger partial charge in [-0.15, -0.1) is 0 Å². The molecule has 0 radical (unpaired) electrons. The topological polar surface area (TPSA) is 35.5 Å². The van der Waals surface area contributed by atoms with Crippen LogP contribution >= 0.6 is 0 Å². The molecular formula is C13H12F4O3. The number of alkyl halides is 2. The van der Waals surface area contributed by atoms with Crippen molar-refractivity contribution in [3.8, 4) is 0 Å². The van der Waals surface area contributed by atoms with Crippen molar-refractivity contribution in [3.63, 3.8) is 0 Å². The summed E-state index contributed by atoms with van der Waals surface area (Å²) in [7, 11) is 0. The van der Waals surface area contributed by atoms with Gasteiger partial charge in [-0.3, -0.25) is 4.79 Å². The average Bonchev–Trinajstić information content (AvgIpc) is 2.70. The third-order valence-corrected chi connectivity index (χ3v) is 3.09. The molecule has 2 rings (SSSR count). The Labute approximate surface area is 112 Å². The van der Waals surface area contributed by atoms with E-state index >= 15 is 0 Å². The molecule has 0 spiro atoms. The van der Waals surface area contributed by atoms with Crippen molar-refractivity contribution in [2.75, 3.05) is 13.2 Å². The SMILES string of the molecule is Cc1c(CC(=O)OC2COCC2(F)F)ccc(F)c1F. The molecule has 1 fully saturated rings. The fraction of sp³-hybridized carbons (Fsp3) is 0.462. The van der Waals surface area contributed by atoms with Gasteiger partial charge in [0.2, 0.25) is 0 Å². The summed E-state index contributed by atoms with van der Waals surface area (Å²) in [5.74, 6) is -6.26. The highest BCUT2D eigenvalue weighted by Gasteiger charge is 2.48. The number of carbonyl (C=O) groups is 1. The minimum atomic E-state index is -3.22. The maximum absolute atomic E-state index is 13.3. The molecule has 20 heavy (non-hydrogen) atoms. The van der Waals surface area contributed by atoms with Crippen LogP contribution < -0.4 is 0 Å². The van der Waals surface area contributed by atoms with Crippen LogP contribution in [0, 0.1) is 18.6 Å². The number of hydrogen-bond donors (Lipinski definition) is 0. The van der Waals surface area contributed by atoms with Crippen LogP contribution in [-0.4, -0.2) is 31.2 Å². The van der Waals surface area contributed by atoms with Gasteiger partial charge in [0.25, 0.3) is 0 Å². The van der Waals surface area contributed by atoms with Crippen LogP contribution in [0.25, 0.3) is 0 Å². The molecule has 1 heterocycles. The summed E-state index contributed by atoms with van der Waals surface area (Å²) in [6.07, 6.45) is -2.05. The van der Waals surface area contributed by atoms with Crippen molar-refractivity contribution in [2.24, 2.45) is 0 Å². The van der Waals surface area contributed by atoms with Crippen molar-refractivity contribution in [1.29, 1.82) is 0 Å². The molecule has 1 aliphatic heterocycles. The number of carbonyl (C=O) groups excluding carboxylic acids is 1. The molecule has 0 aromatic heterocycles. The van der Waals surface area contributed by atoms with E-state index in [9.17, 15) is 22.4 Å². The summed E-state index contributed by atoms with van der Waals surface area (Å²) in [4.78, 5) is 11.6. The fourth-order valence-corrected chi connectivity index (χ4v) is 1.88. The second kappa shape index (κ2) is 5.40. The standard InChI is InChI=1S/C13H12F4O3/c1-7-8(2-3-9(14)12(7)15)4-11(18)20-10-5-19-6-13(10,16)17/h2-3,10H,4-6H2,1H3. The Hall–Kier alpha value is -1.63. The normalized spacial score (nSPS) is 20.9. The third kappa shape index (κ3) is 2.92. The van der Waals surface area contributed by atoms with Gasteiger partial charge in [0.15, 0.2) is 17.7 Å². The summed E-state index contributed by atoms with van der Waals surface area (Å²) in [6.45, 7) is 0.124. The molecule has 1 saturated heterocycles. The smallest absolute Gasteiger partial charge is 0.310 e. The monoisotopic (exact) mass is 292 g/mol. The zero-order valence-electron chi connectivity index (χ0n) is 10.6. The maximum Gasteiger partial charge on any atom is 0.310 e. The summed E-state index contributed by atoms with van der Waals surface area (Å²) in [6, 6.07) is 2.09. The van der Waals surface area contributed by atoms with Crippen molar-refractivity contribution in [2.45, 2.75) is 25.4 Å². The van der Waals surface area contributed by atoms with E-state index in [-0.39, 0.29) is 17.7 Å². The number of esters is 1. The van der Waals surface area contributed by atoms with E-state index in [0.717, 1.165) is 6.07 Å². The Kier molecular flexibility index (Phi) is 3.99. The van der Waals surface area contributed by atoms with Gasteiger partial charge in [-0.1, -0.05) is 6.07 Å². The molecule has 0 bridgehead atoms. The first-order valence-electron chi connectivity index (χ1n) is 5.90. The number of rotatable bonds is 3. The predicted molar refractivity (Wildman–Crippen MR) is 60.4 cm³/mol. The molecule has 3 nitrogen and oxygen atoms in total. The Bertz CT molecular complexity index is 531. The first-order chi connectivity index (χ1) is 9.31. The minimum Gasteiger partial charge on any atom is -0.453 e. The van der Waals surface area contributed by atoms with Gasteiger partial charge >= 0.3 is 11.9 Å². The molecule has 1 atom stereocenters. The van der Waals surface area contributed by atoms with E-state index in [1.54, 1.807) is 0 Å². The van der Waals surface area contributed by atoms with Gasteiger partial charge in [-0.25, -0.2) is 8.78 Å². The van der Waals surface area contributed by atoms with E-state index in [4.69, 9.17) is 0 Å². The van der Waals surface area contributed by atoms with E-state index in [1.807, 2.05) is 0 Å². The third-order valence-electron chi connectivity index (χ3n) is 3.09. The lowest BCUT2D eigenvalue weighted by Gasteiger charge is -2.17. The van der Waals surface area contributed by atoms with Crippen LogP contribution in [0.15, 0.2) is 12.1 Å². The van der Waals surface area contributed by atoms with E-state index in [0.29, 0.717) is 0 Å². The minimum absolute atomic E-state index is 0.0450. The second-order valence-electron chi connectivity index (χ2n) is 4.58. The molecule has 0 aliphatic carbocycles. The second-order valence-corrected chi connectivity index (χ2v) is 4.58. The zero-order valence-corrected chi connectivity index (χ0v) is 10.6. The number of benzene rings is 1. The van der Waals surface area contributed by atoms with E-state index in [2.05, 4.69) is 9.47 Å². The molecule has 1 aliphatic rings. The Morgan fingerprint density at radius 3 is 2.75 bits per heavy atom. The van der Waals surface area contributed by atoms with Gasteiger partial charge in [-0.05, 0) is 24.1 Å². The fourth-order valence-electron chi connectivity index (χ4n) is 1.88. The summed E-state index contributed by atoms with van der Waals surface area (Å²) >= 11 is 0. The van der Waals surface area contributed by atoms with Gasteiger partial charge in [0.05, 0.1) is 13.0 Å². The zero-order chi connectivity index (χ0) is 14.9. The first-order valence-corrected chi connectivity index (χ1v) is 5.90. The van der Waals surface area contributed by atoms with Crippen LogP contribution in [0.1, 0.15) is 11.1 Å². The largest absolute Gasteiger partial charge is 0.453 e. The number of halogens is 4. The molecule has 7 heteroatoms. The average molecular weight is 292 g/mol. The van der Waals surface area contributed by atoms with Gasteiger partial charge in [0.1, 0.15) is 6.61 Å². The molecular weight excluding hydrogens is 280 g/mol. The maximum atomic E-state index is 13.3. The van der Waals surface area contributed by atoms with E-state index < -0.39 is 42.7 Å². The Balaban J connectivity index is 2.04. The highest BCUT2D eigenvalue weighted by atomic mass is 19.3. The van der Waals surface area contributed by atoms with E-state index in [1.165, 1.54) is 13.0 Å². The van der Waals surface area contributed by atoms with Crippen LogP contribution in [0.3, 0.4) is 0 Å². The number of ether oxygens (including phenoxy) is 2. The van der Waals surface area contributed by atoms with Gasteiger partial charge in [-0.2, -0.15) is 8.78 Å². The molecule has 0 N–H and O–H groups in total. The molecule has 110 valence electrons.